The van der Waals surface area contributed by atoms with Crippen molar-refractivity contribution in [1.82, 2.24) is 4.48 Å². The second-order valence-corrected chi connectivity index (χ2v) is 6.84. The van der Waals surface area contributed by atoms with Crippen LogP contribution < -0.4 is 0 Å². The molecular formula is C21H21BF2N2O2. The van der Waals surface area contributed by atoms with Crippen LogP contribution in [0.15, 0.2) is 52.7 Å². The summed E-state index contributed by atoms with van der Waals surface area (Å²) in [5.74, 6) is -0.449. The number of carbonyl (C=O) groups excluding carboxylic acids is 1. The maximum Gasteiger partial charge on any atom is 0.677 e. The number of benzene rings is 1. The van der Waals surface area contributed by atoms with E-state index in [0.717, 1.165) is 21.3 Å². The van der Waals surface area contributed by atoms with Crippen LogP contribution in [0.1, 0.15) is 46.7 Å². The van der Waals surface area contributed by atoms with Gasteiger partial charge in [0, 0.05) is 22.7 Å². The lowest BCUT2D eigenvalue weighted by Gasteiger charge is -2.17. The van der Waals surface area contributed by atoms with E-state index in [0.29, 0.717) is 33.8 Å². The molecule has 1 aromatic carbocycles. The minimum absolute atomic E-state index is 0.395. The number of methoxy groups -OCH3 is 1. The molecule has 1 aliphatic heterocycles. The topological polar surface area (TPSA) is 43.6 Å². The van der Waals surface area contributed by atoms with Crippen LogP contribution in [0.4, 0.5) is 8.63 Å². The molecule has 0 fully saturated rings. The molecule has 0 saturated heterocycles. The first-order valence-corrected chi connectivity index (χ1v) is 8.88. The Morgan fingerprint density at radius 2 is 1.68 bits per heavy atom. The fraction of sp³-hybridized carbons (Fsp3) is 0.238. The van der Waals surface area contributed by atoms with Crippen LogP contribution in [-0.2, 0) is 4.74 Å². The van der Waals surface area contributed by atoms with E-state index in [1.807, 2.05) is 26.8 Å². The van der Waals surface area contributed by atoms with Crippen molar-refractivity contribution < 1.29 is 18.2 Å². The molecule has 1 aromatic heterocycles. The van der Waals surface area contributed by atoms with Gasteiger partial charge >= 0.3 is 13.4 Å². The molecule has 0 amide bonds. The van der Waals surface area contributed by atoms with Crippen LogP contribution in [0.3, 0.4) is 0 Å². The van der Waals surface area contributed by atoms with Crippen molar-refractivity contribution in [3.8, 4) is 0 Å². The van der Waals surface area contributed by atoms with E-state index in [-0.39, 0.29) is 0 Å². The quantitative estimate of drug-likeness (QED) is 0.561. The number of esters is 1. The number of ether oxygens (including phenoxy) is 1. The maximum absolute atomic E-state index is 13.9. The van der Waals surface area contributed by atoms with Crippen molar-refractivity contribution in [2.45, 2.75) is 27.7 Å². The largest absolute Gasteiger partial charge is 0.677 e. The van der Waals surface area contributed by atoms with Crippen LogP contribution in [-0.4, -0.2) is 30.7 Å². The maximum atomic E-state index is 13.9. The summed E-state index contributed by atoms with van der Waals surface area (Å²) in [6, 6.07) is 8.48. The van der Waals surface area contributed by atoms with Gasteiger partial charge in [-0.1, -0.05) is 12.1 Å². The molecule has 3 rings (SSSR count). The van der Waals surface area contributed by atoms with Gasteiger partial charge in [-0.2, -0.15) is 0 Å². The summed E-state index contributed by atoms with van der Waals surface area (Å²) in [4.78, 5) is 16.3. The molecule has 1 aliphatic rings. The average Bonchev–Trinajstić information content (AvgIpc) is 3.13. The van der Waals surface area contributed by atoms with Gasteiger partial charge in [0.1, 0.15) is 0 Å². The molecule has 2 heterocycles. The minimum Gasteiger partial charge on any atom is -0.465 e. The molecule has 7 heteroatoms. The van der Waals surface area contributed by atoms with Gasteiger partial charge in [-0.05, 0) is 68.7 Å². The molecule has 2 aromatic rings. The van der Waals surface area contributed by atoms with Crippen molar-refractivity contribution in [2.24, 2.45) is 4.99 Å². The van der Waals surface area contributed by atoms with Crippen LogP contribution in [0, 0.1) is 13.8 Å². The monoisotopic (exact) mass is 382 g/mol. The van der Waals surface area contributed by atoms with Gasteiger partial charge in [0.15, 0.2) is 0 Å². The second kappa shape index (κ2) is 7.58. The summed E-state index contributed by atoms with van der Waals surface area (Å²) in [5, 5.41) is 0. The smallest absolute Gasteiger partial charge is 0.465 e. The van der Waals surface area contributed by atoms with Crippen LogP contribution >= 0.6 is 0 Å². The highest BCUT2D eigenvalue weighted by atomic mass is 19.2. The average molecular weight is 382 g/mol. The van der Waals surface area contributed by atoms with Crippen molar-refractivity contribution in [3.05, 3.63) is 75.8 Å². The first-order chi connectivity index (χ1) is 13.2. The molecule has 0 N–H and O–H groups in total. The van der Waals surface area contributed by atoms with Crippen molar-refractivity contribution in [1.29, 1.82) is 0 Å². The molecule has 0 aliphatic carbocycles. The zero-order chi connectivity index (χ0) is 20.6. The van der Waals surface area contributed by atoms with E-state index in [1.54, 1.807) is 37.3 Å². The van der Waals surface area contributed by atoms with Crippen molar-refractivity contribution in [2.75, 3.05) is 7.11 Å². The Balaban J connectivity index is 2.30. The van der Waals surface area contributed by atoms with Gasteiger partial charge in [0.05, 0.1) is 18.4 Å². The molecule has 0 spiro atoms. The summed E-state index contributed by atoms with van der Waals surface area (Å²) in [7, 11) is -1.36. The summed E-state index contributed by atoms with van der Waals surface area (Å²) >= 11 is 0. The Kier molecular flexibility index (Phi) is 5.36. The number of halogens is 2. The van der Waals surface area contributed by atoms with Gasteiger partial charge in [-0.15, -0.1) is 0 Å². The van der Waals surface area contributed by atoms with Gasteiger partial charge < -0.3 is 9.21 Å². The molecular weight excluding hydrogens is 361 g/mol. The molecule has 0 unspecified atom stereocenters. The van der Waals surface area contributed by atoms with E-state index in [9.17, 15) is 13.4 Å². The van der Waals surface area contributed by atoms with Gasteiger partial charge in [-0.3, -0.25) is 13.6 Å². The number of nitrogens with zero attached hydrogens (tertiary/aromatic N) is 2. The summed E-state index contributed by atoms with van der Waals surface area (Å²) in [6.07, 6.45) is 1.93. The highest BCUT2D eigenvalue weighted by Crippen LogP contribution is 2.37. The molecule has 0 atom stereocenters. The van der Waals surface area contributed by atoms with E-state index < -0.39 is 13.4 Å². The van der Waals surface area contributed by atoms with Crippen LogP contribution in [0.5, 0.6) is 0 Å². The molecule has 144 valence electrons. The lowest BCUT2D eigenvalue weighted by molar-refractivity contribution is 0.0600. The lowest BCUT2D eigenvalue weighted by atomic mass is 9.94. The van der Waals surface area contributed by atoms with Crippen LogP contribution in [0.2, 0.25) is 0 Å². The molecule has 4 nitrogen and oxygen atoms in total. The van der Waals surface area contributed by atoms with Gasteiger partial charge in [0.2, 0.25) is 0 Å². The van der Waals surface area contributed by atoms with Gasteiger partial charge in [0.25, 0.3) is 0 Å². The predicted molar refractivity (Wildman–Crippen MR) is 108 cm³/mol. The molecule has 0 bridgehead atoms. The number of aliphatic imine (C=N–C) groups is 1. The Bertz CT molecular complexity index is 1030. The Labute approximate surface area is 163 Å². The van der Waals surface area contributed by atoms with Crippen LogP contribution in [0.25, 0.3) is 5.57 Å². The Hall–Kier alpha value is -2.96. The predicted octanol–water partition coefficient (Wildman–Crippen LogP) is 4.84. The number of allylic oxidation sites excluding steroid dienone is 2. The highest BCUT2D eigenvalue weighted by Gasteiger charge is 2.29. The summed E-state index contributed by atoms with van der Waals surface area (Å²) in [5.41, 5.74) is 5.75. The number of hydrogen-bond acceptors (Lipinski definition) is 3. The second-order valence-electron chi connectivity index (χ2n) is 6.84. The third-order valence-electron chi connectivity index (χ3n) is 4.77. The van der Waals surface area contributed by atoms with Crippen molar-refractivity contribution in [3.63, 3.8) is 0 Å². The first kappa shape index (κ1) is 19.8. The summed E-state index contributed by atoms with van der Waals surface area (Å²) in [6.45, 7) is 7.26. The number of aromatic nitrogens is 1. The van der Waals surface area contributed by atoms with Crippen molar-refractivity contribution >= 4 is 24.7 Å². The third kappa shape index (κ3) is 3.44. The molecule has 0 saturated carbocycles. The third-order valence-corrected chi connectivity index (χ3v) is 4.77. The Morgan fingerprint density at radius 3 is 2.18 bits per heavy atom. The normalized spacial score (nSPS) is 15.2. The van der Waals surface area contributed by atoms with E-state index in [4.69, 9.17) is 4.74 Å². The number of hydrogen-bond donors (Lipinski definition) is 0. The van der Waals surface area contributed by atoms with E-state index >= 15 is 0 Å². The Morgan fingerprint density at radius 1 is 1.07 bits per heavy atom. The lowest BCUT2D eigenvalue weighted by Crippen LogP contribution is -2.18. The summed E-state index contributed by atoms with van der Waals surface area (Å²) < 4.78 is 33.5. The fourth-order valence-electron chi connectivity index (χ4n) is 3.59. The number of carbonyl (C=O) groups is 1. The SMILES string of the molecule is COC(=O)c1ccc(/C(=C2/N=C(C)C=C2C)c2c(C)cc(C)n2B(F)F)cc1. The molecule has 28 heavy (non-hydrogen) atoms. The standard InChI is InChI=1S/C21H21BF2N2O2/c1-12-10-14(3)25-19(12)18(16-6-8-17(9-7-16)21(27)28-5)20-13(2)11-15(4)26(20)22(23)24/h6-11H,1-5H3/b19-18-. The fourth-order valence-corrected chi connectivity index (χ4v) is 3.59. The first-order valence-electron chi connectivity index (χ1n) is 8.88. The zero-order valence-corrected chi connectivity index (χ0v) is 16.5. The molecule has 0 radical (unpaired) electrons. The highest BCUT2D eigenvalue weighted by molar-refractivity contribution is 6.41. The number of aryl methyl sites for hydroxylation is 2. The van der Waals surface area contributed by atoms with E-state index in [2.05, 4.69) is 4.99 Å². The zero-order valence-electron chi connectivity index (χ0n) is 16.5. The van der Waals surface area contributed by atoms with E-state index in [1.165, 1.54) is 7.11 Å². The van der Waals surface area contributed by atoms with Gasteiger partial charge in [-0.25, -0.2) is 4.79 Å². The number of rotatable bonds is 4. The minimum atomic E-state index is -2.68.